The van der Waals surface area contributed by atoms with Crippen LogP contribution in [0.1, 0.15) is 41.7 Å². The second-order valence-corrected chi connectivity index (χ2v) is 6.00. The lowest BCUT2D eigenvalue weighted by atomic mass is 9.78. The molecule has 2 saturated heterocycles. The first-order chi connectivity index (χ1) is 9.60. The van der Waals surface area contributed by atoms with Crippen LogP contribution in [-0.4, -0.2) is 41.0 Å². The van der Waals surface area contributed by atoms with Gasteiger partial charge in [-0.3, -0.25) is 9.48 Å². The highest BCUT2D eigenvalue weighted by molar-refractivity contribution is 5.98. The minimum Gasteiger partial charge on any atom is -0.381 e. The first-order valence-electron chi connectivity index (χ1n) is 7.36. The third-order valence-corrected chi connectivity index (χ3v) is 4.55. The molecule has 2 aliphatic heterocycles. The van der Waals surface area contributed by atoms with Gasteiger partial charge in [-0.15, -0.1) is 0 Å². The van der Waals surface area contributed by atoms with Gasteiger partial charge in [-0.2, -0.15) is 5.10 Å². The zero-order valence-corrected chi connectivity index (χ0v) is 12.2. The summed E-state index contributed by atoms with van der Waals surface area (Å²) in [4.78, 5) is 12.7. The number of Topliss-reactive ketones (excluding diaryl/α,β-unsaturated/α-hetero) is 1. The number of hydrogen-bond acceptors (Lipinski definition) is 4. The molecule has 3 heterocycles. The number of carbonyl (C=O) groups excluding carboxylic acids is 1. The highest BCUT2D eigenvalue weighted by Gasteiger charge is 2.41. The quantitative estimate of drug-likeness (QED) is 0.775. The fourth-order valence-corrected chi connectivity index (χ4v) is 3.40. The summed E-state index contributed by atoms with van der Waals surface area (Å²) in [5.74, 6) is 0.287. The summed E-state index contributed by atoms with van der Waals surface area (Å²) in [6.07, 6.45) is 5.29. The van der Waals surface area contributed by atoms with Gasteiger partial charge in [0.1, 0.15) is 0 Å². The molecule has 1 aromatic rings. The van der Waals surface area contributed by atoms with Crippen molar-refractivity contribution >= 4 is 5.78 Å². The number of carbonyl (C=O) groups is 1. The number of nitrogens with zero attached hydrogens (tertiary/aromatic N) is 2. The molecule has 0 aliphatic carbocycles. The van der Waals surface area contributed by atoms with Crippen LogP contribution in [0.2, 0.25) is 0 Å². The Kier molecular flexibility index (Phi) is 3.65. The molecule has 1 spiro atoms. The Morgan fingerprint density at radius 3 is 2.80 bits per heavy atom. The van der Waals surface area contributed by atoms with Crippen molar-refractivity contribution in [2.75, 3.05) is 19.8 Å². The Bertz CT molecular complexity index is 498. The van der Waals surface area contributed by atoms with Crippen LogP contribution in [0.4, 0.5) is 0 Å². The van der Waals surface area contributed by atoms with E-state index in [0.29, 0.717) is 6.61 Å². The van der Waals surface area contributed by atoms with E-state index in [9.17, 15) is 4.79 Å². The second-order valence-electron chi connectivity index (χ2n) is 6.00. The van der Waals surface area contributed by atoms with E-state index in [-0.39, 0.29) is 17.3 Å². The average Bonchev–Trinajstić information content (AvgIpc) is 2.78. The van der Waals surface area contributed by atoms with Gasteiger partial charge in [-0.1, -0.05) is 0 Å². The molecule has 0 N–H and O–H groups in total. The highest BCUT2D eigenvalue weighted by atomic mass is 16.5. The molecule has 5 nitrogen and oxygen atoms in total. The van der Waals surface area contributed by atoms with E-state index in [1.807, 2.05) is 20.2 Å². The molecule has 0 radical (unpaired) electrons. The summed E-state index contributed by atoms with van der Waals surface area (Å²) < 4.78 is 13.1. The number of ether oxygens (including phenoxy) is 2. The molecule has 1 atom stereocenters. The first kappa shape index (κ1) is 13.8. The third kappa shape index (κ3) is 2.52. The fraction of sp³-hybridized carbons (Fsp3) is 0.733. The Morgan fingerprint density at radius 1 is 1.40 bits per heavy atom. The molecule has 20 heavy (non-hydrogen) atoms. The lowest BCUT2D eigenvalue weighted by Gasteiger charge is -2.42. The molecule has 0 bridgehead atoms. The molecular formula is C15H22N2O3. The normalized spacial score (nSPS) is 25.8. The van der Waals surface area contributed by atoms with Crippen molar-refractivity contribution < 1.29 is 14.3 Å². The predicted octanol–water partition coefficient (Wildman–Crippen LogP) is 1.89. The molecular weight excluding hydrogens is 256 g/mol. The van der Waals surface area contributed by atoms with Crippen molar-refractivity contribution in [2.24, 2.45) is 13.0 Å². The van der Waals surface area contributed by atoms with E-state index in [1.54, 1.807) is 4.68 Å². The molecule has 5 heteroatoms. The van der Waals surface area contributed by atoms with Crippen LogP contribution in [0.5, 0.6) is 0 Å². The molecule has 2 fully saturated rings. The summed E-state index contributed by atoms with van der Waals surface area (Å²) in [6, 6.07) is 0. The van der Waals surface area contributed by atoms with Crippen LogP contribution in [-0.2, 0) is 16.5 Å². The van der Waals surface area contributed by atoms with Crippen LogP contribution >= 0.6 is 0 Å². The molecule has 0 amide bonds. The minimum atomic E-state index is -0.132. The maximum Gasteiger partial charge on any atom is 0.169 e. The van der Waals surface area contributed by atoms with Gasteiger partial charge in [0, 0.05) is 39.0 Å². The van der Waals surface area contributed by atoms with E-state index < -0.39 is 0 Å². The van der Waals surface area contributed by atoms with E-state index in [4.69, 9.17) is 9.47 Å². The maximum atomic E-state index is 12.7. The number of rotatable bonds is 2. The summed E-state index contributed by atoms with van der Waals surface area (Å²) in [7, 11) is 1.85. The highest BCUT2D eigenvalue weighted by Crippen LogP contribution is 2.38. The maximum absolute atomic E-state index is 12.7. The zero-order chi connectivity index (χ0) is 14.2. The summed E-state index contributed by atoms with van der Waals surface area (Å²) in [5, 5.41) is 4.28. The zero-order valence-electron chi connectivity index (χ0n) is 12.2. The van der Waals surface area contributed by atoms with Crippen molar-refractivity contribution in [1.29, 1.82) is 0 Å². The Balaban J connectivity index is 1.76. The van der Waals surface area contributed by atoms with Gasteiger partial charge in [-0.05, 0) is 32.6 Å². The van der Waals surface area contributed by atoms with E-state index >= 15 is 0 Å². The van der Waals surface area contributed by atoms with Crippen LogP contribution in [0.15, 0.2) is 6.20 Å². The Labute approximate surface area is 119 Å². The minimum absolute atomic E-state index is 0.0600. The smallest absolute Gasteiger partial charge is 0.169 e. The predicted molar refractivity (Wildman–Crippen MR) is 73.7 cm³/mol. The summed E-state index contributed by atoms with van der Waals surface area (Å²) >= 11 is 0. The summed E-state index contributed by atoms with van der Waals surface area (Å²) in [6.45, 7) is 4.06. The lowest BCUT2D eigenvalue weighted by molar-refractivity contribution is -0.142. The number of aromatic nitrogens is 2. The Hall–Kier alpha value is -1.20. The monoisotopic (exact) mass is 278 g/mol. The van der Waals surface area contributed by atoms with Crippen molar-refractivity contribution in [3.63, 3.8) is 0 Å². The average molecular weight is 278 g/mol. The van der Waals surface area contributed by atoms with Crippen molar-refractivity contribution in [3.8, 4) is 0 Å². The van der Waals surface area contributed by atoms with Crippen molar-refractivity contribution in [3.05, 3.63) is 17.5 Å². The molecule has 1 unspecified atom stereocenters. The van der Waals surface area contributed by atoms with Gasteiger partial charge >= 0.3 is 0 Å². The van der Waals surface area contributed by atoms with Crippen LogP contribution in [0.3, 0.4) is 0 Å². The summed E-state index contributed by atoms with van der Waals surface area (Å²) in [5.41, 5.74) is 1.46. The van der Waals surface area contributed by atoms with Gasteiger partial charge in [0.15, 0.2) is 5.78 Å². The molecule has 110 valence electrons. The standard InChI is InChI=1S/C15H22N2O3/c1-11-13(10-17(2)16-11)14(18)12-3-6-20-15(9-12)4-7-19-8-5-15/h10,12H,3-9H2,1-2H3. The van der Waals surface area contributed by atoms with Crippen molar-refractivity contribution in [1.82, 2.24) is 9.78 Å². The largest absolute Gasteiger partial charge is 0.381 e. The van der Waals surface area contributed by atoms with E-state index in [1.165, 1.54) is 0 Å². The van der Waals surface area contributed by atoms with Gasteiger partial charge in [0.2, 0.25) is 0 Å². The van der Waals surface area contributed by atoms with Crippen molar-refractivity contribution in [2.45, 2.75) is 38.2 Å². The van der Waals surface area contributed by atoms with E-state index in [2.05, 4.69) is 5.10 Å². The molecule has 0 aromatic carbocycles. The van der Waals surface area contributed by atoms with Gasteiger partial charge < -0.3 is 9.47 Å². The third-order valence-electron chi connectivity index (χ3n) is 4.55. The second kappa shape index (κ2) is 5.30. The van der Waals surface area contributed by atoms with Crippen LogP contribution < -0.4 is 0 Å². The Morgan fingerprint density at radius 2 is 2.15 bits per heavy atom. The fourth-order valence-electron chi connectivity index (χ4n) is 3.40. The SMILES string of the molecule is Cc1nn(C)cc1C(=O)C1CCOC2(CCOCC2)C1. The van der Waals surface area contributed by atoms with Gasteiger partial charge in [0.25, 0.3) is 0 Å². The van der Waals surface area contributed by atoms with E-state index in [0.717, 1.165) is 50.2 Å². The first-order valence-corrected chi connectivity index (χ1v) is 7.36. The number of aryl methyl sites for hydroxylation is 2. The van der Waals surface area contributed by atoms with Crippen LogP contribution in [0, 0.1) is 12.8 Å². The van der Waals surface area contributed by atoms with Gasteiger partial charge in [0.05, 0.1) is 16.9 Å². The van der Waals surface area contributed by atoms with Gasteiger partial charge in [-0.25, -0.2) is 0 Å². The number of ketones is 1. The molecule has 3 rings (SSSR count). The number of hydrogen-bond donors (Lipinski definition) is 0. The topological polar surface area (TPSA) is 53.4 Å². The molecule has 2 aliphatic rings. The molecule has 1 aromatic heterocycles. The lowest BCUT2D eigenvalue weighted by Crippen LogP contribution is -2.45. The molecule has 0 saturated carbocycles. The van der Waals surface area contributed by atoms with Crippen LogP contribution in [0.25, 0.3) is 0 Å².